The van der Waals surface area contributed by atoms with E-state index in [0.29, 0.717) is 18.5 Å². The highest BCUT2D eigenvalue weighted by molar-refractivity contribution is 7.13. The third kappa shape index (κ3) is 3.51. The molecule has 0 spiro atoms. The van der Waals surface area contributed by atoms with Crippen molar-refractivity contribution in [3.05, 3.63) is 81.5 Å². The van der Waals surface area contributed by atoms with Crippen LogP contribution in [0.2, 0.25) is 0 Å². The quantitative estimate of drug-likeness (QED) is 0.501. The molecule has 0 bridgehead atoms. The summed E-state index contributed by atoms with van der Waals surface area (Å²) in [4.78, 5) is 13.9. The molecular weight excluding hydrogens is 356 g/mol. The monoisotopic (exact) mass is 376 g/mol. The minimum absolute atomic E-state index is 0.0875. The molecule has 4 rings (SSSR count). The van der Waals surface area contributed by atoms with Crippen LogP contribution >= 0.6 is 11.3 Å². The molecule has 0 aliphatic carbocycles. The zero-order valence-electron chi connectivity index (χ0n) is 15.3. The summed E-state index contributed by atoms with van der Waals surface area (Å²) in [5.41, 5.74) is 2.98. The number of hydrogen-bond acceptors (Lipinski definition) is 4. The number of ether oxygens (including phenoxy) is 1. The molecular formula is C22H20N2O2S. The van der Waals surface area contributed by atoms with Gasteiger partial charge in [0, 0.05) is 5.39 Å². The van der Waals surface area contributed by atoms with Gasteiger partial charge in [0.1, 0.15) is 18.1 Å². The molecule has 0 N–H and O–H groups in total. The molecule has 5 heteroatoms. The SMILES string of the molecule is Cc1ccc(C)c(OCCn2nc(-c3cccs3)c3ccccc3c2=O)c1. The smallest absolute Gasteiger partial charge is 0.274 e. The number of rotatable bonds is 5. The molecule has 0 amide bonds. The molecule has 2 heterocycles. The summed E-state index contributed by atoms with van der Waals surface area (Å²) in [5, 5.41) is 8.24. The zero-order chi connectivity index (χ0) is 18.8. The Hall–Kier alpha value is -2.92. The van der Waals surface area contributed by atoms with Crippen molar-refractivity contribution in [1.29, 1.82) is 0 Å². The van der Waals surface area contributed by atoms with Crippen molar-refractivity contribution in [3.8, 4) is 16.3 Å². The highest BCUT2D eigenvalue weighted by Gasteiger charge is 2.13. The Balaban J connectivity index is 1.67. The van der Waals surface area contributed by atoms with E-state index in [4.69, 9.17) is 4.74 Å². The molecule has 0 radical (unpaired) electrons. The van der Waals surface area contributed by atoms with Gasteiger partial charge in [0.25, 0.3) is 5.56 Å². The van der Waals surface area contributed by atoms with Crippen molar-refractivity contribution in [1.82, 2.24) is 9.78 Å². The van der Waals surface area contributed by atoms with Crippen LogP contribution in [0.25, 0.3) is 21.3 Å². The molecule has 2 aromatic heterocycles. The van der Waals surface area contributed by atoms with Crippen LogP contribution < -0.4 is 10.3 Å². The zero-order valence-corrected chi connectivity index (χ0v) is 16.1. The van der Waals surface area contributed by atoms with Crippen LogP contribution in [0.15, 0.2) is 64.8 Å². The van der Waals surface area contributed by atoms with Crippen molar-refractivity contribution in [2.45, 2.75) is 20.4 Å². The van der Waals surface area contributed by atoms with Gasteiger partial charge in [0.2, 0.25) is 0 Å². The van der Waals surface area contributed by atoms with Gasteiger partial charge in [-0.3, -0.25) is 4.79 Å². The van der Waals surface area contributed by atoms with Gasteiger partial charge in [-0.25, -0.2) is 4.68 Å². The van der Waals surface area contributed by atoms with Crippen molar-refractivity contribution in [3.63, 3.8) is 0 Å². The van der Waals surface area contributed by atoms with E-state index in [1.807, 2.05) is 67.8 Å². The summed E-state index contributed by atoms with van der Waals surface area (Å²) in [6.07, 6.45) is 0. The van der Waals surface area contributed by atoms with E-state index in [1.54, 1.807) is 11.3 Å². The fourth-order valence-electron chi connectivity index (χ4n) is 3.09. The summed E-state index contributed by atoms with van der Waals surface area (Å²) in [6.45, 7) is 4.84. The first-order valence-electron chi connectivity index (χ1n) is 8.87. The molecule has 0 saturated heterocycles. The second-order valence-electron chi connectivity index (χ2n) is 6.52. The van der Waals surface area contributed by atoms with Gasteiger partial charge in [-0.1, -0.05) is 36.4 Å². The van der Waals surface area contributed by atoms with Gasteiger partial charge in [0.05, 0.1) is 16.8 Å². The maximum atomic E-state index is 12.9. The minimum atomic E-state index is -0.0875. The summed E-state index contributed by atoms with van der Waals surface area (Å²) >= 11 is 1.62. The average molecular weight is 376 g/mol. The lowest BCUT2D eigenvalue weighted by Gasteiger charge is -2.12. The van der Waals surface area contributed by atoms with Gasteiger partial charge < -0.3 is 4.74 Å². The lowest BCUT2D eigenvalue weighted by Crippen LogP contribution is -2.26. The second-order valence-corrected chi connectivity index (χ2v) is 7.46. The standard InChI is InChI=1S/C22H20N2O2S/c1-15-9-10-16(2)19(14-15)26-12-11-24-22(25)18-7-4-3-6-17(18)21(23-24)20-8-5-13-27-20/h3-10,13-14H,11-12H2,1-2H3. The third-order valence-corrected chi connectivity index (χ3v) is 5.40. The molecule has 4 aromatic rings. The van der Waals surface area contributed by atoms with E-state index < -0.39 is 0 Å². The molecule has 4 nitrogen and oxygen atoms in total. The van der Waals surface area contributed by atoms with Gasteiger partial charge >= 0.3 is 0 Å². The Kier molecular flexibility index (Phi) is 4.77. The van der Waals surface area contributed by atoms with Crippen LogP contribution in [0.4, 0.5) is 0 Å². The summed E-state index contributed by atoms with van der Waals surface area (Å²) in [6, 6.07) is 17.8. The Labute approximate surface area is 161 Å². The number of nitrogens with zero attached hydrogens (tertiary/aromatic N) is 2. The number of aromatic nitrogens is 2. The number of fused-ring (bicyclic) bond motifs is 1. The van der Waals surface area contributed by atoms with Crippen LogP contribution in [0.1, 0.15) is 11.1 Å². The first-order valence-corrected chi connectivity index (χ1v) is 9.75. The second kappa shape index (κ2) is 7.37. The van der Waals surface area contributed by atoms with Crippen molar-refractivity contribution >= 4 is 22.1 Å². The molecule has 0 unspecified atom stereocenters. The largest absolute Gasteiger partial charge is 0.491 e. The van der Waals surface area contributed by atoms with Crippen molar-refractivity contribution < 1.29 is 4.74 Å². The number of hydrogen-bond donors (Lipinski definition) is 0. The van der Waals surface area contributed by atoms with Crippen LogP contribution in [-0.4, -0.2) is 16.4 Å². The Morgan fingerprint density at radius 1 is 1.04 bits per heavy atom. The van der Waals surface area contributed by atoms with Gasteiger partial charge in [-0.2, -0.15) is 5.10 Å². The predicted octanol–water partition coefficient (Wildman–Crippen LogP) is 4.82. The highest BCUT2D eigenvalue weighted by Crippen LogP contribution is 2.28. The highest BCUT2D eigenvalue weighted by atomic mass is 32.1. The number of thiophene rings is 1. The lowest BCUT2D eigenvalue weighted by molar-refractivity contribution is 0.286. The van der Waals surface area contributed by atoms with Crippen LogP contribution in [0, 0.1) is 13.8 Å². The molecule has 0 aliphatic heterocycles. The Morgan fingerprint density at radius 2 is 1.85 bits per heavy atom. The Morgan fingerprint density at radius 3 is 2.63 bits per heavy atom. The molecule has 0 saturated carbocycles. The topological polar surface area (TPSA) is 44.1 Å². The van der Waals surface area contributed by atoms with Crippen LogP contribution in [0.3, 0.4) is 0 Å². The molecule has 2 aromatic carbocycles. The van der Waals surface area contributed by atoms with Crippen molar-refractivity contribution in [2.24, 2.45) is 0 Å². The average Bonchev–Trinajstić information content (AvgIpc) is 3.21. The minimum Gasteiger partial charge on any atom is -0.491 e. The van der Waals surface area contributed by atoms with Gasteiger partial charge in [-0.15, -0.1) is 11.3 Å². The first-order chi connectivity index (χ1) is 13.1. The van der Waals surface area contributed by atoms with E-state index in [9.17, 15) is 4.79 Å². The predicted molar refractivity (Wildman–Crippen MR) is 111 cm³/mol. The van der Waals surface area contributed by atoms with Crippen LogP contribution in [-0.2, 0) is 6.54 Å². The summed E-state index contributed by atoms with van der Waals surface area (Å²) in [5.74, 6) is 0.849. The summed E-state index contributed by atoms with van der Waals surface area (Å²) in [7, 11) is 0. The Bertz CT molecular complexity index is 1150. The molecule has 0 fully saturated rings. The maximum absolute atomic E-state index is 12.9. The van der Waals surface area contributed by atoms with Crippen LogP contribution in [0.5, 0.6) is 5.75 Å². The maximum Gasteiger partial charge on any atom is 0.274 e. The summed E-state index contributed by atoms with van der Waals surface area (Å²) < 4.78 is 7.44. The number of aryl methyl sites for hydroxylation is 2. The molecule has 0 aliphatic rings. The number of benzene rings is 2. The van der Waals surface area contributed by atoms with Crippen molar-refractivity contribution in [2.75, 3.05) is 6.61 Å². The molecule has 27 heavy (non-hydrogen) atoms. The normalized spacial score (nSPS) is 11.0. The molecule has 0 atom stereocenters. The fraction of sp³-hybridized carbons (Fsp3) is 0.182. The lowest BCUT2D eigenvalue weighted by atomic mass is 10.1. The van der Waals surface area contributed by atoms with Gasteiger partial charge in [-0.05, 0) is 48.6 Å². The van der Waals surface area contributed by atoms with E-state index in [2.05, 4.69) is 11.2 Å². The third-order valence-electron chi connectivity index (χ3n) is 4.53. The first kappa shape index (κ1) is 17.5. The van der Waals surface area contributed by atoms with E-state index in [0.717, 1.165) is 32.8 Å². The van der Waals surface area contributed by atoms with E-state index >= 15 is 0 Å². The van der Waals surface area contributed by atoms with E-state index in [-0.39, 0.29) is 5.56 Å². The molecule has 136 valence electrons. The fourth-order valence-corrected chi connectivity index (χ4v) is 3.81. The van der Waals surface area contributed by atoms with E-state index in [1.165, 1.54) is 4.68 Å². The van der Waals surface area contributed by atoms with Gasteiger partial charge in [0.15, 0.2) is 0 Å².